The van der Waals surface area contributed by atoms with Gasteiger partial charge in [0.25, 0.3) is 0 Å². The number of rotatable bonds is 6. The Balaban J connectivity index is 1.12. The van der Waals surface area contributed by atoms with E-state index >= 15 is 0 Å². The molecule has 0 fully saturated rings. The summed E-state index contributed by atoms with van der Waals surface area (Å²) in [5, 5.41) is 7.50. The first-order valence-corrected chi connectivity index (χ1v) is 17.8. The summed E-state index contributed by atoms with van der Waals surface area (Å²) in [7, 11) is 0. The average molecular weight is 663 g/mol. The van der Waals surface area contributed by atoms with Gasteiger partial charge in [-0.25, -0.2) is 0 Å². The highest BCUT2D eigenvalue weighted by atomic mass is 15.1. The van der Waals surface area contributed by atoms with E-state index in [1.807, 2.05) is 0 Å². The topological polar surface area (TPSA) is 8.17 Å². The van der Waals surface area contributed by atoms with Crippen molar-refractivity contribution in [1.82, 2.24) is 4.57 Å². The van der Waals surface area contributed by atoms with Crippen LogP contribution in [0.15, 0.2) is 206 Å². The second-order valence-corrected chi connectivity index (χ2v) is 13.4. The first-order valence-electron chi connectivity index (χ1n) is 17.8. The van der Waals surface area contributed by atoms with Crippen molar-refractivity contribution < 1.29 is 0 Å². The van der Waals surface area contributed by atoms with E-state index in [0.717, 1.165) is 22.7 Å². The maximum absolute atomic E-state index is 2.42. The van der Waals surface area contributed by atoms with E-state index in [9.17, 15) is 0 Å². The van der Waals surface area contributed by atoms with E-state index in [4.69, 9.17) is 0 Å². The summed E-state index contributed by atoms with van der Waals surface area (Å²) in [5.74, 6) is 0. The number of aromatic nitrogens is 1. The maximum Gasteiger partial charge on any atom is 0.0547 e. The van der Waals surface area contributed by atoms with Crippen LogP contribution >= 0.6 is 0 Å². The van der Waals surface area contributed by atoms with Crippen LogP contribution < -0.4 is 4.90 Å². The lowest BCUT2D eigenvalue weighted by Crippen LogP contribution is -2.10. The lowest BCUT2D eigenvalue weighted by molar-refractivity contribution is 1.19. The van der Waals surface area contributed by atoms with Crippen molar-refractivity contribution in [1.29, 1.82) is 0 Å². The fraction of sp³-hybridized carbons (Fsp3) is 0. The van der Waals surface area contributed by atoms with E-state index in [-0.39, 0.29) is 0 Å². The van der Waals surface area contributed by atoms with E-state index < -0.39 is 0 Å². The zero-order valence-corrected chi connectivity index (χ0v) is 28.5. The highest BCUT2D eigenvalue weighted by Crippen LogP contribution is 2.40. The lowest BCUT2D eigenvalue weighted by Gasteiger charge is -2.26. The van der Waals surface area contributed by atoms with Crippen LogP contribution in [0, 0.1) is 0 Å². The Morgan fingerprint density at radius 3 is 1.50 bits per heavy atom. The molecule has 0 radical (unpaired) electrons. The van der Waals surface area contributed by atoms with Crippen molar-refractivity contribution in [3.8, 4) is 27.9 Å². The van der Waals surface area contributed by atoms with Crippen LogP contribution in [0.5, 0.6) is 0 Å². The highest BCUT2D eigenvalue weighted by Gasteiger charge is 2.17. The highest BCUT2D eigenvalue weighted by molar-refractivity contribution is 6.21. The van der Waals surface area contributed by atoms with E-state index in [0.29, 0.717) is 0 Å². The first-order chi connectivity index (χ1) is 25.8. The van der Waals surface area contributed by atoms with Crippen molar-refractivity contribution in [3.05, 3.63) is 206 Å². The van der Waals surface area contributed by atoms with Gasteiger partial charge in [0.15, 0.2) is 0 Å². The average Bonchev–Trinajstić information content (AvgIpc) is 3.57. The molecule has 0 N–H and O–H groups in total. The monoisotopic (exact) mass is 662 g/mol. The van der Waals surface area contributed by atoms with Crippen LogP contribution in [0.3, 0.4) is 0 Å². The predicted octanol–water partition coefficient (Wildman–Crippen LogP) is 13.9. The van der Waals surface area contributed by atoms with Gasteiger partial charge < -0.3 is 9.47 Å². The van der Waals surface area contributed by atoms with E-state index in [2.05, 4.69) is 216 Å². The third kappa shape index (κ3) is 5.12. The maximum atomic E-state index is 2.42. The molecular weight excluding hydrogens is 629 g/mol. The van der Waals surface area contributed by atoms with Crippen LogP contribution in [-0.4, -0.2) is 4.57 Å². The molecule has 0 unspecified atom stereocenters. The summed E-state index contributed by atoms with van der Waals surface area (Å²) in [6.07, 6.45) is 0. The molecule has 1 heterocycles. The van der Waals surface area contributed by atoms with Gasteiger partial charge in [-0.15, -0.1) is 0 Å². The quantitative estimate of drug-likeness (QED) is 0.172. The van der Waals surface area contributed by atoms with Crippen molar-refractivity contribution in [3.63, 3.8) is 0 Å². The molecule has 2 heteroatoms. The van der Waals surface area contributed by atoms with Crippen LogP contribution in [0.25, 0.3) is 71.3 Å². The number of fused-ring (bicyclic) bond motifs is 6. The Bertz CT molecular complexity index is 2790. The van der Waals surface area contributed by atoms with Gasteiger partial charge in [0.05, 0.1) is 11.0 Å². The first kappa shape index (κ1) is 30.0. The summed E-state index contributed by atoms with van der Waals surface area (Å²) >= 11 is 0. The molecule has 9 aromatic carbocycles. The molecule has 0 saturated carbocycles. The van der Waals surface area contributed by atoms with Crippen molar-refractivity contribution >= 4 is 60.4 Å². The van der Waals surface area contributed by atoms with Gasteiger partial charge in [-0.3, -0.25) is 0 Å². The molecule has 52 heavy (non-hydrogen) atoms. The van der Waals surface area contributed by atoms with Crippen molar-refractivity contribution in [2.75, 3.05) is 4.90 Å². The fourth-order valence-corrected chi connectivity index (χ4v) is 7.83. The molecular formula is C50H34N2. The fourth-order valence-electron chi connectivity index (χ4n) is 7.83. The van der Waals surface area contributed by atoms with Crippen LogP contribution in [-0.2, 0) is 0 Å². The Morgan fingerprint density at radius 1 is 0.308 bits per heavy atom. The normalized spacial score (nSPS) is 11.5. The minimum Gasteiger partial charge on any atom is -0.310 e. The minimum absolute atomic E-state index is 1.11. The standard InChI is InChI=1S/C50H34N2/c1-3-11-35(12-4-1)37-19-26-42(27-20-37)51(43-28-21-38(22-29-43)36-13-5-2-6-14-36)44-30-23-39-24-31-45(34-41(39)33-44)52-48-18-10-9-17-47(48)50-46-16-8-7-15-40(46)25-32-49(50)52/h1-34H. The third-order valence-corrected chi connectivity index (χ3v) is 10.4. The van der Waals surface area contributed by atoms with Gasteiger partial charge in [-0.2, -0.15) is 0 Å². The second kappa shape index (κ2) is 12.5. The van der Waals surface area contributed by atoms with Crippen molar-refractivity contribution in [2.24, 2.45) is 0 Å². The van der Waals surface area contributed by atoms with Gasteiger partial charge in [0.2, 0.25) is 0 Å². The number of anilines is 3. The molecule has 0 bridgehead atoms. The zero-order chi connectivity index (χ0) is 34.4. The van der Waals surface area contributed by atoms with Crippen LogP contribution in [0.4, 0.5) is 17.1 Å². The lowest BCUT2D eigenvalue weighted by atomic mass is 10.0. The molecule has 10 aromatic rings. The summed E-state index contributed by atoms with van der Waals surface area (Å²) in [5.41, 5.74) is 11.7. The van der Waals surface area contributed by atoms with E-state index in [1.54, 1.807) is 0 Å². The van der Waals surface area contributed by atoms with Gasteiger partial charge in [-0.1, -0.05) is 146 Å². The molecule has 0 saturated heterocycles. The Labute approximate surface area is 303 Å². The molecule has 2 nitrogen and oxygen atoms in total. The minimum atomic E-state index is 1.11. The third-order valence-electron chi connectivity index (χ3n) is 10.4. The molecule has 1 aromatic heterocycles. The van der Waals surface area contributed by atoms with Gasteiger partial charge in [-0.05, 0) is 104 Å². The van der Waals surface area contributed by atoms with E-state index in [1.165, 1.54) is 65.6 Å². The summed E-state index contributed by atoms with van der Waals surface area (Å²) < 4.78 is 2.42. The molecule has 244 valence electrons. The number of nitrogens with zero attached hydrogens (tertiary/aromatic N) is 2. The van der Waals surface area contributed by atoms with Gasteiger partial charge in [0, 0.05) is 33.5 Å². The van der Waals surface area contributed by atoms with Crippen LogP contribution in [0.1, 0.15) is 0 Å². The zero-order valence-electron chi connectivity index (χ0n) is 28.5. The molecule has 0 spiro atoms. The number of hydrogen-bond donors (Lipinski definition) is 0. The largest absolute Gasteiger partial charge is 0.310 e. The Morgan fingerprint density at radius 2 is 0.827 bits per heavy atom. The van der Waals surface area contributed by atoms with Gasteiger partial charge >= 0.3 is 0 Å². The van der Waals surface area contributed by atoms with Crippen LogP contribution in [0.2, 0.25) is 0 Å². The second-order valence-electron chi connectivity index (χ2n) is 13.4. The number of hydrogen-bond acceptors (Lipinski definition) is 1. The predicted molar refractivity (Wildman–Crippen MR) is 221 cm³/mol. The molecule has 0 atom stereocenters. The summed E-state index contributed by atoms with van der Waals surface area (Å²) in [6, 6.07) is 74.6. The summed E-state index contributed by atoms with van der Waals surface area (Å²) in [4.78, 5) is 2.36. The molecule has 0 aliphatic carbocycles. The molecule has 0 aliphatic heterocycles. The number of benzene rings is 9. The molecule has 0 aliphatic rings. The van der Waals surface area contributed by atoms with Gasteiger partial charge in [0.1, 0.15) is 0 Å². The summed E-state index contributed by atoms with van der Waals surface area (Å²) in [6.45, 7) is 0. The SMILES string of the molecule is c1ccc(-c2ccc(N(c3ccc(-c4ccccc4)cc3)c3ccc4ccc(-n5c6ccccc6c6c7ccccc7ccc65)cc4c3)cc2)cc1. The Hall–Kier alpha value is -6.90. The Kier molecular flexibility index (Phi) is 7.18. The smallest absolute Gasteiger partial charge is 0.0547 e. The molecule has 0 amide bonds. The van der Waals surface area contributed by atoms with Crippen molar-refractivity contribution in [2.45, 2.75) is 0 Å². The molecule has 10 rings (SSSR count). The number of para-hydroxylation sites is 1.